The van der Waals surface area contributed by atoms with E-state index in [2.05, 4.69) is 15.4 Å². The van der Waals surface area contributed by atoms with Crippen molar-refractivity contribution in [2.24, 2.45) is 0 Å². The molecule has 0 aliphatic heterocycles. The van der Waals surface area contributed by atoms with E-state index in [0.29, 0.717) is 17.7 Å². The van der Waals surface area contributed by atoms with Gasteiger partial charge in [0.2, 0.25) is 10.0 Å². The Balaban J connectivity index is 1.92. The molecule has 1 aromatic carbocycles. The predicted molar refractivity (Wildman–Crippen MR) is 162 cm³/mol. The number of anilines is 1. The van der Waals surface area contributed by atoms with Gasteiger partial charge in [-0.05, 0) is 92.7 Å². The molecule has 0 bridgehead atoms. The summed E-state index contributed by atoms with van der Waals surface area (Å²) in [5, 5.41) is 6.56. The summed E-state index contributed by atoms with van der Waals surface area (Å²) < 4.78 is 40.4. The van der Waals surface area contributed by atoms with Crippen molar-refractivity contribution in [3.8, 4) is 10.4 Å². The number of thiazole rings is 1. The fraction of sp³-hybridized carbons (Fsp3) is 0.621. The number of rotatable bonds is 9. The topological polar surface area (TPSA) is 136 Å². The molecule has 10 nitrogen and oxygen atoms in total. The molecule has 3 N–H and O–H groups in total. The van der Waals surface area contributed by atoms with Crippen LogP contribution in [0.5, 0.6) is 0 Å². The van der Waals surface area contributed by atoms with Crippen molar-refractivity contribution in [3.05, 3.63) is 28.9 Å². The van der Waals surface area contributed by atoms with Gasteiger partial charge in [-0.2, -0.15) is 0 Å². The first kappa shape index (κ1) is 32.8. The first-order chi connectivity index (χ1) is 19.1. The van der Waals surface area contributed by atoms with E-state index in [-0.39, 0.29) is 35.2 Å². The van der Waals surface area contributed by atoms with Crippen LogP contribution in [0, 0.1) is 0 Å². The first-order valence-electron chi connectivity index (χ1n) is 14.2. The summed E-state index contributed by atoms with van der Waals surface area (Å²) in [6.45, 7) is 14.5. The number of nitrogens with one attached hydrogen (secondary N) is 3. The Hall–Kier alpha value is -2.70. The molecule has 1 aliphatic carbocycles. The Labute approximate surface area is 248 Å². The van der Waals surface area contributed by atoms with Crippen molar-refractivity contribution < 1.29 is 27.5 Å². The quantitative estimate of drug-likeness (QED) is 0.293. The molecule has 12 heteroatoms. The van der Waals surface area contributed by atoms with Gasteiger partial charge in [0.05, 0.1) is 32.7 Å². The number of carbonyl (C=O) groups is 2. The van der Waals surface area contributed by atoms with E-state index in [1.54, 1.807) is 46.8 Å². The zero-order chi connectivity index (χ0) is 30.5. The van der Waals surface area contributed by atoms with Gasteiger partial charge in [0.25, 0.3) is 0 Å². The third kappa shape index (κ3) is 9.40. The maximum absolute atomic E-state index is 13.6. The Morgan fingerprint density at radius 2 is 1.63 bits per heavy atom. The summed E-state index contributed by atoms with van der Waals surface area (Å²) in [6, 6.07) is 4.93. The van der Waals surface area contributed by atoms with E-state index in [1.165, 1.54) is 17.4 Å². The zero-order valence-corrected chi connectivity index (χ0v) is 26.9. The van der Waals surface area contributed by atoms with E-state index in [1.807, 2.05) is 20.8 Å². The first-order valence-corrected chi connectivity index (χ1v) is 16.5. The van der Waals surface area contributed by atoms with Crippen molar-refractivity contribution in [1.82, 2.24) is 15.0 Å². The lowest BCUT2D eigenvalue weighted by Crippen LogP contribution is -2.40. The largest absolute Gasteiger partial charge is 0.447 e. The van der Waals surface area contributed by atoms with Crippen LogP contribution in [0.1, 0.15) is 97.7 Å². The zero-order valence-electron chi connectivity index (χ0n) is 25.3. The number of amides is 2. The van der Waals surface area contributed by atoms with Gasteiger partial charge in [-0.3, -0.25) is 5.32 Å². The molecule has 0 radical (unpaired) electrons. The fourth-order valence-electron chi connectivity index (χ4n) is 4.72. The molecular formula is C29H44N4O6S2. The van der Waals surface area contributed by atoms with Gasteiger partial charge in [0, 0.05) is 28.7 Å². The van der Waals surface area contributed by atoms with Crippen LogP contribution in [-0.4, -0.2) is 49.4 Å². The van der Waals surface area contributed by atoms with Crippen LogP contribution in [0.15, 0.2) is 23.1 Å². The van der Waals surface area contributed by atoms with Crippen molar-refractivity contribution in [2.75, 3.05) is 5.32 Å². The molecule has 1 aliphatic rings. The molecule has 1 saturated carbocycles. The van der Waals surface area contributed by atoms with E-state index in [4.69, 9.17) is 14.5 Å². The summed E-state index contributed by atoms with van der Waals surface area (Å²) in [7, 11) is -3.96. The van der Waals surface area contributed by atoms with Crippen molar-refractivity contribution in [3.63, 3.8) is 0 Å². The molecule has 41 heavy (non-hydrogen) atoms. The second-order valence-corrected chi connectivity index (χ2v) is 14.7. The summed E-state index contributed by atoms with van der Waals surface area (Å²) in [5.41, 5.74) is 0.977. The lowest BCUT2D eigenvalue weighted by molar-refractivity contribution is 0.109. The van der Waals surface area contributed by atoms with E-state index < -0.39 is 21.7 Å². The molecule has 1 aromatic heterocycles. The number of carbonyl (C=O) groups excluding carboxylic acids is 2. The SMILES string of the molecule is CCc1nc([C@H]2CC[C@H](NC(=O)OC(C)C)CC2)sc1-c1ccc(NC(=O)OC(C)C)cc1S(=O)(=O)NC(C)(C)C. The van der Waals surface area contributed by atoms with Gasteiger partial charge in [0.1, 0.15) is 0 Å². The molecule has 0 saturated heterocycles. The number of aromatic nitrogens is 1. The Kier molecular flexibility index (Phi) is 10.8. The monoisotopic (exact) mass is 608 g/mol. The molecule has 0 spiro atoms. The number of hydrogen-bond acceptors (Lipinski definition) is 8. The average Bonchev–Trinajstić information content (AvgIpc) is 3.26. The highest BCUT2D eigenvalue weighted by Gasteiger charge is 2.30. The minimum absolute atomic E-state index is 0.0604. The minimum Gasteiger partial charge on any atom is -0.447 e. The molecule has 1 heterocycles. The Morgan fingerprint density at radius 1 is 1.02 bits per heavy atom. The van der Waals surface area contributed by atoms with E-state index in [9.17, 15) is 18.0 Å². The number of alkyl carbamates (subject to hydrolysis) is 1. The molecule has 0 unspecified atom stereocenters. The van der Waals surface area contributed by atoms with E-state index >= 15 is 0 Å². The number of aryl methyl sites for hydroxylation is 1. The molecule has 3 rings (SSSR count). The van der Waals surface area contributed by atoms with Crippen molar-refractivity contribution in [2.45, 2.75) is 122 Å². The maximum atomic E-state index is 13.6. The van der Waals surface area contributed by atoms with Gasteiger partial charge in [-0.25, -0.2) is 27.7 Å². The highest BCUT2D eigenvalue weighted by atomic mass is 32.2. The fourth-order valence-corrected chi connectivity index (χ4v) is 7.81. The van der Waals surface area contributed by atoms with Gasteiger partial charge in [0.15, 0.2) is 0 Å². The van der Waals surface area contributed by atoms with Crippen LogP contribution in [-0.2, 0) is 25.9 Å². The molecule has 1 fully saturated rings. The smallest absolute Gasteiger partial charge is 0.411 e. The maximum Gasteiger partial charge on any atom is 0.411 e. The Morgan fingerprint density at radius 3 is 2.20 bits per heavy atom. The number of hydrogen-bond donors (Lipinski definition) is 3. The van der Waals surface area contributed by atoms with Crippen LogP contribution in [0.2, 0.25) is 0 Å². The lowest BCUT2D eigenvalue weighted by atomic mass is 9.86. The molecular weight excluding hydrogens is 564 g/mol. The van der Waals surface area contributed by atoms with Gasteiger partial charge < -0.3 is 14.8 Å². The second kappa shape index (κ2) is 13.5. The van der Waals surface area contributed by atoms with Crippen molar-refractivity contribution in [1.29, 1.82) is 0 Å². The summed E-state index contributed by atoms with van der Waals surface area (Å²) >= 11 is 1.52. The normalized spacial score (nSPS) is 17.9. The average molecular weight is 609 g/mol. The highest BCUT2D eigenvalue weighted by molar-refractivity contribution is 7.89. The minimum atomic E-state index is -3.96. The third-order valence-electron chi connectivity index (χ3n) is 6.34. The molecule has 0 atom stereocenters. The third-order valence-corrected chi connectivity index (χ3v) is 9.43. The number of sulfonamides is 1. The van der Waals surface area contributed by atoms with Crippen LogP contribution < -0.4 is 15.4 Å². The summed E-state index contributed by atoms with van der Waals surface area (Å²) in [5.74, 6) is 0.220. The van der Waals surface area contributed by atoms with Gasteiger partial charge in [-0.1, -0.05) is 13.0 Å². The van der Waals surface area contributed by atoms with Gasteiger partial charge >= 0.3 is 12.2 Å². The van der Waals surface area contributed by atoms with Crippen LogP contribution in [0.25, 0.3) is 10.4 Å². The highest BCUT2D eigenvalue weighted by Crippen LogP contribution is 2.42. The summed E-state index contributed by atoms with van der Waals surface area (Å²) in [6.07, 6.45) is 2.46. The van der Waals surface area contributed by atoms with Gasteiger partial charge in [-0.15, -0.1) is 11.3 Å². The van der Waals surface area contributed by atoms with Crippen LogP contribution in [0.3, 0.4) is 0 Å². The summed E-state index contributed by atoms with van der Waals surface area (Å²) in [4.78, 5) is 30.1. The van der Waals surface area contributed by atoms with Crippen LogP contribution >= 0.6 is 11.3 Å². The number of ether oxygens (including phenoxy) is 2. The second-order valence-electron chi connectivity index (χ2n) is 12.0. The number of nitrogens with zero attached hydrogens (tertiary/aromatic N) is 1. The lowest BCUT2D eigenvalue weighted by Gasteiger charge is -2.28. The predicted octanol–water partition coefficient (Wildman–Crippen LogP) is 6.57. The standard InChI is InChI=1S/C29H44N4O6S2/c1-9-23-25(40-26(32-23)19-10-12-20(13-11-19)30-27(34)38-17(2)3)22-15-14-21(31-28(35)39-18(4)5)16-24(22)41(36,37)33-29(6,7)8/h14-20,33H,9-13H2,1-8H3,(H,30,34)(H,31,35)/t19-,20-. The Bertz CT molecular complexity index is 1320. The number of benzene rings is 1. The molecule has 2 amide bonds. The van der Waals surface area contributed by atoms with Crippen LogP contribution in [0.4, 0.5) is 15.3 Å². The van der Waals surface area contributed by atoms with Crippen molar-refractivity contribution >= 4 is 39.2 Å². The molecule has 228 valence electrons. The molecule has 2 aromatic rings. The van der Waals surface area contributed by atoms with E-state index in [0.717, 1.165) is 41.3 Å².